The summed E-state index contributed by atoms with van der Waals surface area (Å²) in [7, 11) is 0. The second-order valence-electron chi connectivity index (χ2n) is 5.95. The summed E-state index contributed by atoms with van der Waals surface area (Å²) in [5.41, 5.74) is 4.76. The number of pyridine rings is 1. The molecular formula is C20H15Cl2N3O. The summed E-state index contributed by atoms with van der Waals surface area (Å²) in [5, 5.41) is 11.0. The predicted molar refractivity (Wildman–Crippen MR) is 104 cm³/mol. The van der Waals surface area contributed by atoms with Crippen LogP contribution >= 0.6 is 23.2 Å². The molecule has 0 aliphatic rings. The number of benzene rings is 2. The van der Waals surface area contributed by atoms with E-state index in [9.17, 15) is 5.11 Å². The van der Waals surface area contributed by atoms with Crippen LogP contribution in [0.5, 0.6) is 0 Å². The highest BCUT2D eigenvalue weighted by molar-refractivity contribution is 6.33. The van der Waals surface area contributed by atoms with Crippen molar-refractivity contribution >= 4 is 34.2 Å². The SMILES string of the molecule is OCc1nc2ccc(-c3ccncc3)cc2n1Cc1cc(Cl)ccc1Cl. The maximum absolute atomic E-state index is 9.76. The van der Waals surface area contributed by atoms with Crippen LogP contribution in [0.4, 0.5) is 0 Å². The van der Waals surface area contributed by atoms with E-state index in [-0.39, 0.29) is 6.61 Å². The number of aliphatic hydroxyl groups is 1. The molecule has 0 spiro atoms. The van der Waals surface area contributed by atoms with Gasteiger partial charge in [-0.15, -0.1) is 0 Å². The maximum atomic E-state index is 9.76. The van der Waals surface area contributed by atoms with Crippen LogP contribution in [-0.4, -0.2) is 19.6 Å². The van der Waals surface area contributed by atoms with Crippen molar-refractivity contribution in [1.82, 2.24) is 14.5 Å². The summed E-state index contributed by atoms with van der Waals surface area (Å²) in [6.07, 6.45) is 3.53. The molecule has 4 rings (SSSR count). The van der Waals surface area contributed by atoms with Crippen LogP contribution in [0, 0.1) is 0 Å². The first kappa shape index (κ1) is 17.0. The molecule has 0 atom stereocenters. The van der Waals surface area contributed by atoms with Crippen molar-refractivity contribution in [2.75, 3.05) is 0 Å². The number of aromatic nitrogens is 3. The molecule has 2 aromatic carbocycles. The lowest BCUT2D eigenvalue weighted by Gasteiger charge is -2.11. The Hall–Kier alpha value is -2.40. The van der Waals surface area contributed by atoms with Crippen molar-refractivity contribution in [3.63, 3.8) is 0 Å². The Labute approximate surface area is 160 Å². The highest BCUT2D eigenvalue weighted by Crippen LogP contribution is 2.28. The number of aliphatic hydroxyl groups excluding tert-OH is 1. The number of rotatable bonds is 4. The van der Waals surface area contributed by atoms with E-state index >= 15 is 0 Å². The summed E-state index contributed by atoms with van der Waals surface area (Å²) in [5.74, 6) is 0.586. The number of nitrogens with zero attached hydrogens (tertiary/aromatic N) is 3. The lowest BCUT2D eigenvalue weighted by atomic mass is 10.1. The first-order valence-electron chi connectivity index (χ1n) is 8.10. The number of fused-ring (bicyclic) bond motifs is 1. The molecule has 0 aliphatic heterocycles. The minimum absolute atomic E-state index is 0.155. The van der Waals surface area contributed by atoms with Gasteiger partial charge in [0.05, 0.1) is 17.6 Å². The molecule has 2 heterocycles. The summed E-state index contributed by atoms with van der Waals surface area (Å²) in [4.78, 5) is 8.60. The van der Waals surface area contributed by atoms with Gasteiger partial charge in [0.2, 0.25) is 0 Å². The Morgan fingerprint density at radius 1 is 0.923 bits per heavy atom. The largest absolute Gasteiger partial charge is 0.388 e. The van der Waals surface area contributed by atoms with E-state index in [1.165, 1.54) is 0 Å². The van der Waals surface area contributed by atoms with Gasteiger partial charge in [-0.25, -0.2) is 4.98 Å². The van der Waals surface area contributed by atoms with Gasteiger partial charge in [-0.2, -0.15) is 0 Å². The zero-order chi connectivity index (χ0) is 18.1. The molecule has 2 aromatic heterocycles. The van der Waals surface area contributed by atoms with E-state index in [1.54, 1.807) is 24.5 Å². The normalized spacial score (nSPS) is 11.2. The molecule has 0 radical (unpaired) electrons. The van der Waals surface area contributed by atoms with Gasteiger partial charge in [0.15, 0.2) is 0 Å². The maximum Gasteiger partial charge on any atom is 0.136 e. The minimum atomic E-state index is -0.155. The first-order chi connectivity index (χ1) is 12.7. The fraction of sp³-hybridized carbons (Fsp3) is 0.100. The summed E-state index contributed by atoms with van der Waals surface area (Å²) >= 11 is 12.4. The molecule has 0 unspecified atom stereocenters. The number of hydrogen-bond donors (Lipinski definition) is 1. The van der Waals surface area contributed by atoms with Gasteiger partial charge in [0.25, 0.3) is 0 Å². The molecule has 0 saturated carbocycles. The fourth-order valence-corrected chi connectivity index (χ4v) is 3.40. The molecular weight excluding hydrogens is 369 g/mol. The van der Waals surface area contributed by atoms with Gasteiger partial charge >= 0.3 is 0 Å². The van der Waals surface area contributed by atoms with E-state index in [1.807, 2.05) is 34.9 Å². The minimum Gasteiger partial charge on any atom is -0.388 e. The summed E-state index contributed by atoms with van der Waals surface area (Å²) in [6.45, 7) is 0.322. The van der Waals surface area contributed by atoms with Crippen LogP contribution in [0.1, 0.15) is 11.4 Å². The van der Waals surface area contributed by atoms with Crippen molar-refractivity contribution in [2.45, 2.75) is 13.2 Å². The van der Waals surface area contributed by atoms with Crippen molar-refractivity contribution in [3.8, 4) is 11.1 Å². The molecule has 0 amide bonds. The monoisotopic (exact) mass is 383 g/mol. The Bertz CT molecular complexity index is 1080. The quantitative estimate of drug-likeness (QED) is 0.542. The highest BCUT2D eigenvalue weighted by atomic mass is 35.5. The highest BCUT2D eigenvalue weighted by Gasteiger charge is 2.13. The third-order valence-electron chi connectivity index (χ3n) is 4.32. The van der Waals surface area contributed by atoms with E-state index in [4.69, 9.17) is 23.2 Å². The van der Waals surface area contributed by atoms with Gasteiger partial charge in [-0.3, -0.25) is 4.98 Å². The zero-order valence-electron chi connectivity index (χ0n) is 13.7. The predicted octanol–water partition coefficient (Wildman–Crippen LogP) is 4.95. The molecule has 0 aliphatic carbocycles. The zero-order valence-corrected chi connectivity index (χ0v) is 15.2. The Kier molecular flexibility index (Phi) is 4.64. The van der Waals surface area contributed by atoms with Crippen molar-refractivity contribution < 1.29 is 5.11 Å². The third kappa shape index (κ3) is 3.19. The molecule has 26 heavy (non-hydrogen) atoms. The lowest BCUT2D eigenvalue weighted by Crippen LogP contribution is -2.05. The fourth-order valence-electron chi connectivity index (χ4n) is 3.03. The Balaban J connectivity index is 1.85. The molecule has 6 heteroatoms. The molecule has 130 valence electrons. The van der Waals surface area contributed by atoms with Crippen LogP contribution in [0.15, 0.2) is 60.9 Å². The van der Waals surface area contributed by atoms with Crippen LogP contribution in [0.2, 0.25) is 10.0 Å². The average Bonchev–Trinajstić information content (AvgIpc) is 3.02. The number of hydrogen-bond acceptors (Lipinski definition) is 3. The van der Waals surface area contributed by atoms with Gasteiger partial charge < -0.3 is 9.67 Å². The van der Waals surface area contributed by atoms with E-state index in [0.29, 0.717) is 22.4 Å². The van der Waals surface area contributed by atoms with Gasteiger partial charge in [-0.1, -0.05) is 29.3 Å². The Morgan fingerprint density at radius 3 is 2.50 bits per heavy atom. The summed E-state index contributed by atoms with van der Waals surface area (Å²) < 4.78 is 1.97. The topological polar surface area (TPSA) is 50.9 Å². The third-order valence-corrected chi connectivity index (χ3v) is 4.92. The molecule has 0 saturated heterocycles. The van der Waals surface area contributed by atoms with Crippen LogP contribution < -0.4 is 0 Å². The number of imidazole rings is 1. The van der Waals surface area contributed by atoms with E-state index < -0.39 is 0 Å². The molecule has 4 nitrogen and oxygen atoms in total. The summed E-state index contributed by atoms with van der Waals surface area (Å²) in [6, 6.07) is 15.3. The van der Waals surface area contributed by atoms with Crippen LogP contribution in [0.3, 0.4) is 0 Å². The van der Waals surface area contributed by atoms with Crippen LogP contribution in [0.25, 0.3) is 22.2 Å². The average molecular weight is 384 g/mol. The molecule has 1 N–H and O–H groups in total. The van der Waals surface area contributed by atoms with E-state index in [0.717, 1.165) is 27.7 Å². The number of halogens is 2. The second-order valence-corrected chi connectivity index (χ2v) is 6.79. The second kappa shape index (κ2) is 7.08. The van der Waals surface area contributed by atoms with Gasteiger partial charge in [-0.05, 0) is 59.2 Å². The Morgan fingerprint density at radius 2 is 1.73 bits per heavy atom. The van der Waals surface area contributed by atoms with Crippen LogP contribution in [-0.2, 0) is 13.2 Å². The van der Waals surface area contributed by atoms with Gasteiger partial charge in [0, 0.05) is 22.4 Å². The molecule has 0 bridgehead atoms. The standard InChI is InChI=1S/C20H15Cl2N3O/c21-16-2-3-17(22)15(9-16)11-25-19-10-14(13-5-7-23-8-6-13)1-4-18(19)24-20(25)12-26/h1-10,26H,11-12H2. The smallest absolute Gasteiger partial charge is 0.136 e. The van der Waals surface area contributed by atoms with Gasteiger partial charge in [0.1, 0.15) is 12.4 Å². The lowest BCUT2D eigenvalue weighted by molar-refractivity contribution is 0.267. The molecule has 4 aromatic rings. The first-order valence-corrected chi connectivity index (χ1v) is 8.85. The van der Waals surface area contributed by atoms with E-state index in [2.05, 4.69) is 16.0 Å². The molecule has 0 fully saturated rings. The van der Waals surface area contributed by atoms with Crippen molar-refractivity contribution in [3.05, 3.63) is 82.4 Å². The van der Waals surface area contributed by atoms with Crippen molar-refractivity contribution in [1.29, 1.82) is 0 Å². The van der Waals surface area contributed by atoms with Crippen molar-refractivity contribution in [2.24, 2.45) is 0 Å².